The molecular weight excluding hydrogens is 302 g/mol. The third-order valence-electron chi connectivity index (χ3n) is 2.56. The molecule has 3 aromatic rings. The number of aromatic nitrogens is 2. The quantitative estimate of drug-likeness (QED) is 0.539. The fourth-order valence-electron chi connectivity index (χ4n) is 1.64. The molecular formula is C12H6ClN3O3S. The van der Waals surface area contributed by atoms with Crippen molar-refractivity contribution >= 4 is 38.8 Å². The van der Waals surface area contributed by atoms with Crippen LogP contribution in [0.25, 0.3) is 10.2 Å². The Labute approximate surface area is 121 Å². The average molecular weight is 308 g/mol. The minimum absolute atomic E-state index is 0.0919. The molecule has 0 aliphatic carbocycles. The zero-order valence-corrected chi connectivity index (χ0v) is 11.4. The number of rotatable bonds is 3. The first-order chi connectivity index (χ1) is 9.65. The van der Waals surface area contributed by atoms with Gasteiger partial charge in [-0.2, -0.15) is 0 Å². The number of hydrogen-bond donors (Lipinski definition) is 0. The highest BCUT2D eigenvalue weighted by molar-refractivity contribution is 7.16. The van der Waals surface area contributed by atoms with Gasteiger partial charge in [-0.15, -0.1) is 11.3 Å². The molecule has 3 rings (SSSR count). The molecule has 100 valence electrons. The fourth-order valence-corrected chi connectivity index (χ4v) is 2.58. The number of nitro groups is 1. The van der Waals surface area contributed by atoms with E-state index < -0.39 is 4.92 Å². The SMILES string of the molecule is O=[N+]([O-])c1ccc(Oc2ncnc3sccc23)c(Cl)c1. The van der Waals surface area contributed by atoms with E-state index >= 15 is 0 Å². The Morgan fingerprint density at radius 3 is 2.90 bits per heavy atom. The van der Waals surface area contributed by atoms with Crippen molar-refractivity contribution in [3.8, 4) is 11.6 Å². The van der Waals surface area contributed by atoms with Crippen molar-refractivity contribution in [2.45, 2.75) is 0 Å². The molecule has 0 saturated carbocycles. The Balaban J connectivity index is 1.99. The molecule has 0 atom stereocenters. The molecule has 20 heavy (non-hydrogen) atoms. The van der Waals surface area contributed by atoms with Gasteiger partial charge in [-0.3, -0.25) is 10.1 Å². The summed E-state index contributed by atoms with van der Waals surface area (Å²) < 4.78 is 5.62. The highest BCUT2D eigenvalue weighted by atomic mass is 35.5. The van der Waals surface area contributed by atoms with Gasteiger partial charge in [0.2, 0.25) is 5.88 Å². The average Bonchev–Trinajstić information content (AvgIpc) is 2.90. The Hall–Kier alpha value is -2.25. The largest absolute Gasteiger partial charge is 0.437 e. The fraction of sp³-hybridized carbons (Fsp3) is 0. The summed E-state index contributed by atoms with van der Waals surface area (Å²) in [5.41, 5.74) is -0.0919. The smallest absolute Gasteiger partial charge is 0.271 e. The minimum atomic E-state index is -0.516. The number of halogens is 1. The lowest BCUT2D eigenvalue weighted by molar-refractivity contribution is -0.384. The number of nitrogens with zero attached hydrogens (tertiary/aromatic N) is 3. The van der Waals surface area contributed by atoms with E-state index in [0.717, 1.165) is 10.2 Å². The second-order valence-corrected chi connectivity index (χ2v) is 5.09. The highest BCUT2D eigenvalue weighted by Crippen LogP contribution is 2.34. The van der Waals surface area contributed by atoms with Crippen LogP contribution in [0.15, 0.2) is 36.0 Å². The lowest BCUT2D eigenvalue weighted by Gasteiger charge is -2.06. The molecule has 8 heteroatoms. The molecule has 0 amide bonds. The van der Waals surface area contributed by atoms with Gasteiger partial charge in [0.15, 0.2) is 0 Å². The normalized spacial score (nSPS) is 10.7. The van der Waals surface area contributed by atoms with Crippen LogP contribution in [0.1, 0.15) is 0 Å². The number of benzene rings is 1. The third kappa shape index (κ3) is 2.28. The maximum atomic E-state index is 10.6. The van der Waals surface area contributed by atoms with Gasteiger partial charge in [0, 0.05) is 12.1 Å². The van der Waals surface area contributed by atoms with Gasteiger partial charge in [-0.05, 0) is 17.5 Å². The van der Waals surface area contributed by atoms with Crippen LogP contribution in [0.2, 0.25) is 5.02 Å². The molecule has 0 aliphatic heterocycles. The Bertz CT molecular complexity index is 805. The molecule has 0 N–H and O–H groups in total. The molecule has 0 unspecified atom stereocenters. The summed E-state index contributed by atoms with van der Waals surface area (Å²) in [6.45, 7) is 0. The highest BCUT2D eigenvalue weighted by Gasteiger charge is 2.13. The summed E-state index contributed by atoms with van der Waals surface area (Å²) in [6.07, 6.45) is 1.40. The van der Waals surface area contributed by atoms with E-state index in [0.29, 0.717) is 11.6 Å². The van der Waals surface area contributed by atoms with Gasteiger partial charge in [0.05, 0.1) is 15.3 Å². The van der Waals surface area contributed by atoms with E-state index in [-0.39, 0.29) is 10.7 Å². The van der Waals surface area contributed by atoms with Gasteiger partial charge >= 0.3 is 0 Å². The zero-order valence-electron chi connectivity index (χ0n) is 9.82. The van der Waals surface area contributed by atoms with E-state index in [1.807, 2.05) is 11.4 Å². The monoisotopic (exact) mass is 307 g/mol. The minimum Gasteiger partial charge on any atom is -0.437 e. The van der Waals surface area contributed by atoms with Crippen LogP contribution < -0.4 is 4.74 Å². The first kappa shape index (κ1) is 12.8. The van der Waals surface area contributed by atoms with Crippen LogP contribution in [0.3, 0.4) is 0 Å². The summed E-state index contributed by atoms with van der Waals surface area (Å²) in [5.74, 6) is 0.676. The Kier molecular flexibility index (Phi) is 3.21. The second kappa shape index (κ2) is 5.03. The lowest BCUT2D eigenvalue weighted by Crippen LogP contribution is -1.92. The molecule has 0 saturated heterocycles. The van der Waals surface area contributed by atoms with Gasteiger partial charge in [-0.1, -0.05) is 11.6 Å². The molecule has 1 aromatic carbocycles. The van der Waals surface area contributed by atoms with Crippen molar-refractivity contribution in [2.75, 3.05) is 0 Å². The van der Waals surface area contributed by atoms with Crippen molar-refractivity contribution in [1.82, 2.24) is 9.97 Å². The van der Waals surface area contributed by atoms with Crippen LogP contribution in [-0.4, -0.2) is 14.9 Å². The summed E-state index contributed by atoms with van der Waals surface area (Å²) in [7, 11) is 0. The summed E-state index contributed by atoms with van der Waals surface area (Å²) >= 11 is 7.45. The predicted octanol–water partition coefficient (Wildman–Crippen LogP) is 4.05. The van der Waals surface area contributed by atoms with E-state index in [2.05, 4.69) is 9.97 Å². The number of ether oxygens (including phenoxy) is 1. The van der Waals surface area contributed by atoms with Crippen LogP contribution in [0.5, 0.6) is 11.6 Å². The van der Waals surface area contributed by atoms with Crippen molar-refractivity contribution in [3.63, 3.8) is 0 Å². The summed E-state index contributed by atoms with van der Waals surface area (Å²) in [4.78, 5) is 19.1. The predicted molar refractivity (Wildman–Crippen MR) is 75.6 cm³/mol. The van der Waals surface area contributed by atoms with Crippen LogP contribution >= 0.6 is 22.9 Å². The molecule has 2 aromatic heterocycles. The first-order valence-electron chi connectivity index (χ1n) is 5.45. The van der Waals surface area contributed by atoms with E-state index in [9.17, 15) is 10.1 Å². The molecule has 0 fully saturated rings. The van der Waals surface area contributed by atoms with E-state index in [4.69, 9.17) is 16.3 Å². The summed E-state index contributed by atoms with van der Waals surface area (Å²) in [6, 6.07) is 5.85. The number of thiophene rings is 1. The van der Waals surface area contributed by atoms with Crippen molar-refractivity contribution in [1.29, 1.82) is 0 Å². The van der Waals surface area contributed by atoms with Crippen molar-refractivity contribution in [2.24, 2.45) is 0 Å². The molecule has 2 heterocycles. The molecule has 0 spiro atoms. The van der Waals surface area contributed by atoms with Crippen LogP contribution in [0, 0.1) is 10.1 Å². The number of hydrogen-bond acceptors (Lipinski definition) is 6. The standard InChI is InChI=1S/C12H6ClN3O3S/c13-9-5-7(16(17)18)1-2-10(9)19-11-8-3-4-20-12(8)15-6-14-11/h1-6H. The van der Waals surface area contributed by atoms with Gasteiger partial charge < -0.3 is 4.74 Å². The molecule has 0 aliphatic rings. The van der Waals surface area contributed by atoms with Crippen molar-refractivity contribution in [3.05, 3.63) is 51.1 Å². The molecule has 6 nitrogen and oxygen atoms in total. The lowest BCUT2D eigenvalue weighted by atomic mass is 10.3. The van der Waals surface area contributed by atoms with Crippen LogP contribution in [0.4, 0.5) is 5.69 Å². The van der Waals surface area contributed by atoms with Crippen LogP contribution in [-0.2, 0) is 0 Å². The van der Waals surface area contributed by atoms with E-state index in [1.54, 1.807) is 0 Å². The maximum Gasteiger partial charge on any atom is 0.271 e. The van der Waals surface area contributed by atoms with E-state index in [1.165, 1.54) is 35.9 Å². The first-order valence-corrected chi connectivity index (χ1v) is 6.71. The molecule has 0 bridgehead atoms. The van der Waals surface area contributed by atoms with Gasteiger partial charge in [0.25, 0.3) is 5.69 Å². The third-order valence-corrected chi connectivity index (χ3v) is 3.67. The van der Waals surface area contributed by atoms with Gasteiger partial charge in [0.1, 0.15) is 16.9 Å². The Morgan fingerprint density at radius 2 is 2.15 bits per heavy atom. The second-order valence-electron chi connectivity index (χ2n) is 3.79. The number of nitro benzene ring substituents is 1. The molecule has 0 radical (unpaired) electrons. The Morgan fingerprint density at radius 1 is 1.30 bits per heavy atom. The summed E-state index contributed by atoms with van der Waals surface area (Å²) in [5, 5.41) is 13.5. The van der Waals surface area contributed by atoms with Gasteiger partial charge in [-0.25, -0.2) is 9.97 Å². The van der Waals surface area contributed by atoms with Crippen molar-refractivity contribution < 1.29 is 9.66 Å². The number of fused-ring (bicyclic) bond motifs is 1. The topological polar surface area (TPSA) is 78.2 Å². The number of non-ortho nitro benzene ring substituents is 1. The maximum absolute atomic E-state index is 10.6. The zero-order chi connectivity index (χ0) is 14.1.